The Balaban J connectivity index is 2.95. The summed E-state index contributed by atoms with van der Waals surface area (Å²) in [4.78, 5) is 9.98. The maximum atomic E-state index is 13.9. The van der Waals surface area contributed by atoms with Gasteiger partial charge in [0.1, 0.15) is 4.90 Å². The Labute approximate surface area is 125 Å². The number of aromatic carboxylic acids is 1. The highest BCUT2D eigenvalue weighted by atomic mass is 35.5. The number of rotatable bonds is 8. The Morgan fingerprint density at radius 3 is 2.62 bits per heavy atom. The normalized spacial score (nSPS) is 11.6. The third-order valence-corrected chi connectivity index (χ3v) is 3.98. The molecular weight excluding hydrogens is 329 g/mol. The minimum atomic E-state index is -4.27. The average Bonchev–Trinajstić information content (AvgIpc) is 2.40. The van der Waals surface area contributed by atoms with E-state index < -0.39 is 32.3 Å². The van der Waals surface area contributed by atoms with Gasteiger partial charge in [-0.2, -0.15) is 0 Å². The first-order chi connectivity index (χ1) is 9.79. The molecular formula is C11H13ClFNO6S. The zero-order valence-corrected chi connectivity index (χ0v) is 12.2. The Morgan fingerprint density at radius 1 is 1.38 bits per heavy atom. The number of aliphatic hydroxyl groups excluding tert-OH is 1. The zero-order chi connectivity index (χ0) is 16.0. The number of hydrogen-bond acceptors (Lipinski definition) is 5. The molecule has 7 nitrogen and oxygen atoms in total. The van der Waals surface area contributed by atoms with Crippen LogP contribution in [-0.2, 0) is 14.8 Å². The van der Waals surface area contributed by atoms with Crippen molar-refractivity contribution >= 4 is 27.6 Å². The third kappa shape index (κ3) is 4.90. The van der Waals surface area contributed by atoms with Crippen molar-refractivity contribution in [2.24, 2.45) is 0 Å². The number of carboxylic acids is 1. The summed E-state index contributed by atoms with van der Waals surface area (Å²) in [5.74, 6) is -3.02. The lowest BCUT2D eigenvalue weighted by molar-refractivity contribution is 0.0691. The van der Waals surface area contributed by atoms with E-state index in [0.717, 1.165) is 12.1 Å². The van der Waals surface area contributed by atoms with Crippen molar-refractivity contribution in [3.05, 3.63) is 28.5 Å². The molecule has 1 aromatic carbocycles. The van der Waals surface area contributed by atoms with Crippen LogP contribution in [0.2, 0.25) is 5.02 Å². The molecule has 0 aliphatic carbocycles. The Bertz CT molecular complexity index is 621. The molecule has 1 rings (SSSR count). The molecule has 0 amide bonds. The second kappa shape index (κ2) is 7.66. The van der Waals surface area contributed by atoms with E-state index in [0.29, 0.717) is 0 Å². The first-order valence-corrected chi connectivity index (χ1v) is 7.56. The second-order valence-electron chi connectivity index (χ2n) is 3.80. The topological polar surface area (TPSA) is 113 Å². The van der Waals surface area contributed by atoms with Gasteiger partial charge in [-0.25, -0.2) is 22.3 Å². The largest absolute Gasteiger partial charge is 0.478 e. The fourth-order valence-corrected chi connectivity index (χ4v) is 2.83. The molecule has 0 bridgehead atoms. The van der Waals surface area contributed by atoms with Gasteiger partial charge in [0.05, 0.1) is 25.4 Å². The molecule has 0 atom stereocenters. The zero-order valence-electron chi connectivity index (χ0n) is 10.7. The first-order valence-electron chi connectivity index (χ1n) is 5.70. The molecule has 0 saturated carbocycles. The van der Waals surface area contributed by atoms with Crippen LogP contribution in [0.1, 0.15) is 10.4 Å². The molecule has 0 radical (unpaired) electrons. The van der Waals surface area contributed by atoms with E-state index in [9.17, 15) is 17.6 Å². The van der Waals surface area contributed by atoms with Gasteiger partial charge in [-0.1, -0.05) is 11.6 Å². The van der Waals surface area contributed by atoms with Crippen LogP contribution in [0.25, 0.3) is 0 Å². The monoisotopic (exact) mass is 341 g/mol. The summed E-state index contributed by atoms with van der Waals surface area (Å²) in [5.41, 5.74) is -0.834. The van der Waals surface area contributed by atoms with Crippen LogP contribution in [0.3, 0.4) is 0 Å². The van der Waals surface area contributed by atoms with Crippen LogP contribution >= 0.6 is 11.6 Å². The van der Waals surface area contributed by atoms with Crippen LogP contribution in [0.5, 0.6) is 0 Å². The predicted molar refractivity (Wildman–Crippen MR) is 71.5 cm³/mol. The maximum Gasteiger partial charge on any atom is 0.338 e. The van der Waals surface area contributed by atoms with Gasteiger partial charge in [0.15, 0.2) is 5.82 Å². The van der Waals surface area contributed by atoms with Crippen LogP contribution in [0.15, 0.2) is 17.0 Å². The van der Waals surface area contributed by atoms with Gasteiger partial charge in [-0.05, 0) is 12.1 Å². The fourth-order valence-electron chi connectivity index (χ4n) is 1.41. The predicted octanol–water partition coefficient (Wildman–Crippen LogP) is 0.464. The van der Waals surface area contributed by atoms with Crippen molar-refractivity contribution in [3.63, 3.8) is 0 Å². The van der Waals surface area contributed by atoms with Gasteiger partial charge in [0.25, 0.3) is 0 Å². The third-order valence-electron chi connectivity index (χ3n) is 2.30. The van der Waals surface area contributed by atoms with Gasteiger partial charge >= 0.3 is 5.97 Å². The number of ether oxygens (including phenoxy) is 1. The van der Waals surface area contributed by atoms with Crippen molar-refractivity contribution < 1.29 is 32.6 Å². The van der Waals surface area contributed by atoms with Gasteiger partial charge in [-0.3, -0.25) is 0 Å². The molecule has 3 N–H and O–H groups in total. The van der Waals surface area contributed by atoms with Gasteiger partial charge in [-0.15, -0.1) is 0 Å². The van der Waals surface area contributed by atoms with Gasteiger partial charge in [0, 0.05) is 11.6 Å². The SMILES string of the molecule is O=C(O)c1cc(Cl)cc(S(=O)(=O)NCCOCCO)c1F. The van der Waals surface area contributed by atoms with Crippen molar-refractivity contribution in [3.8, 4) is 0 Å². The van der Waals surface area contributed by atoms with Gasteiger partial charge in [0.2, 0.25) is 10.0 Å². The lowest BCUT2D eigenvalue weighted by atomic mass is 10.2. The standard InChI is InChI=1S/C11H13ClFNO6S/c12-7-5-8(11(16)17)10(13)9(6-7)21(18,19)14-1-3-20-4-2-15/h5-6,14-15H,1-4H2,(H,16,17). The lowest BCUT2D eigenvalue weighted by Crippen LogP contribution is -2.29. The number of benzene rings is 1. The number of nitrogens with one attached hydrogen (secondary N) is 1. The van der Waals surface area contributed by atoms with E-state index in [1.165, 1.54) is 0 Å². The molecule has 0 spiro atoms. The highest BCUT2D eigenvalue weighted by Crippen LogP contribution is 2.23. The summed E-state index contributed by atoms with van der Waals surface area (Å²) in [6.45, 7) is -0.376. The van der Waals surface area contributed by atoms with Crippen LogP contribution in [-0.4, -0.2) is 51.0 Å². The fraction of sp³-hybridized carbons (Fsp3) is 0.364. The summed E-state index contributed by atoms with van der Waals surface area (Å²) in [7, 11) is -4.27. The Hall–Kier alpha value is -1.26. The molecule has 10 heteroatoms. The lowest BCUT2D eigenvalue weighted by Gasteiger charge is -2.10. The van der Waals surface area contributed by atoms with E-state index >= 15 is 0 Å². The van der Waals surface area contributed by atoms with Crippen molar-refractivity contribution in [2.45, 2.75) is 4.90 Å². The molecule has 0 aromatic heterocycles. The number of hydrogen-bond donors (Lipinski definition) is 3. The molecule has 118 valence electrons. The summed E-state index contributed by atoms with van der Waals surface area (Å²) in [6, 6.07) is 1.64. The number of carboxylic acid groups (broad SMARTS) is 1. The molecule has 21 heavy (non-hydrogen) atoms. The summed E-state index contributed by atoms with van der Waals surface area (Å²) in [5, 5.41) is 17.0. The molecule has 0 heterocycles. The number of aliphatic hydroxyl groups is 1. The van der Waals surface area contributed by atoms with Crippen molar-refractivity contribution in [1.82, 2.24) is 4.72 Å². The molecule has 0 aliphatic rings. The van der Waals surface area contributed by atoms with Gasteiger partial charge < -0.3 is 14.9 Å². The molecule has 0 aliphatic heterocycles. The highest BCUT2D eigenvalue weighted by Gasteiger charge is 2.24. The first kappa shape index (κ1) is 17.8. The maximum absolute atomic E-state index is 13.9. The smallest absolute Gasteiger partial charge is 0.338 e. The minimum Gasteiger partial charge on any atom is -0.478 e. The van der Waals surface area contributed by atoms with Crippen molar-refractivity contribution in [1.29, 1.82) is 0 Å². The van der Waals surface area contributed by atoms with Crippen molar-refractivity contribution in [2.75, 3.05) is 26.4 Å². The quantitative estimate of drug-likeness (QED) is 0.592. The number of carbonyl (C=O) groups is 1. The highest BCUT2D eigenvalue weighted by molar-refractivity contribution is 7.89. The van der Waals surface area contributed by atoms with E-state index in [4.69, 9.17) is 26.6 Å². The minimum absolute atomic E-state index is 0.0340. The summed E-state index contributed by atoms with van der Waals surface area (Å²) < 4.78 is 44.6. The number of sulfonamides is 1. The summed E-state index contributed by atoms with van der Waals surface area (Å²) >= 11 is 5.60. The second-order valence-corrected chi connectivity index (χ2v) is 5.98. The van der Waals surface area contributed by atoms with Crippen LogP contribution in [0.4, 0.5) is 4.39 Å². The Morgan fingerprint density at radius 2 is 2.05 bits per heavy atom. The van der Waals surface area contributed by atoms with E-state index in [2.05, 4.69) is 0 Å². The van der Waals surface area contributed by atoms with Crippen LogP contribution in [0, 0.1) is 5.82 Å². The Kier molecular flexibility index (Phi) is 6.49. The van der Waals surface area contributed by atoms with Crippen LogP contribution < -0.4 is 4.72 Å². The van der Waals surface area contributed by atoms with E-state index in [1.54, 1.807) is 0 Å². The molecule has 0 unspecified atom stereocenters. The molecule has 1 aromatic rings. The molecule has 0 saturated heterocycles. The average molecular weight is 342 g/mol. The van der Waals surface area contributed by atoms with E-state index in [-0.39, 0.29) is 31.4 Å². The number of halogens is 2. The summed E-state index contributed by atoms with van der Waals surface area (Å²) in [6.07, 6.45) is 0. The van der Waals surface area contributed by atoms with E-state index in [1.807, 2.05) is 4.72 Å². The molecule has 0 fully saturated rings.